The Morgan fingerprint density at radius 1 is 1.13 bits per heavy atom. The topological polar surface area (TPSA) is 69.0 Å². The largest absolute Gasteiger partial charge is 0.573 e. The highest BCUT2D eigenvalue weighted by atomic mass is 35.5. The van der Waals surface area contributed by atoms with Crippen LogP contribution in [0.3, 0.4) is 0 Å². The molecular weight excluding hydrogens is 441 g/mol. The standard InChI is InChI=1S/C19H16ClF3N4O2S/c1-11(17(28)24-14-7-9-15(10-8-14)29-19(21,22)23)30-18-26-25-16(27(18)2)12-3-5-13(20)6-4-12/h3-11H,1-2H3,(H,24,28). The summed E-state index contributed by atoms with van der Waals surface area (Å²) in [4.78, 5) is 12.4. The normalized spacial score (nSPS) is 12.5. The van der Waals surface area contributed by atoms with E-state index in [-0.39, 0.29) is 11.7 Å². The number of thioether (sulfide) groups is 1. The van der Waals surface area contributed by atoms with E-state index in [1.165, 1.54) is 23.9 Å². The van der Waals surface area contributed by atoms with Gasteiger partial charge in [0, 0.05) is 23.3 Å². The number of hydrogen-bond donors (Lipinski definition) is 1. The number of carbonyl (C=O) groups excluding carboxylic acids is 1. The van der Waals surface area contributed by atoms with Crippen LogP contribution in [-0.2, 0) is 11.8 Å². The zero-order chi connectivity index (χ0) is 21.9. The minimum Gasteiger partial charge on any atom is -0.406 e. The molecule has 6 nitrogen and oxygen atoms in total. The summed E-state index contributed by atoms with van der Waals surface area (Å²) in [6.45, 7) is 1.69. The number of nitrogens with zero attached hydrogens (tertiary/aromatic N) is 3. The Kier molecular flexibility index (Phi) is 6.57. The minimum atomic E-state index is -4.77. The summed E-state index contributed by atoms with van der Waals surface area (Å²) < 4.78 is 42.2. The molecule has 158 valence electrons. The summed E-state index contributed by atoms with van der Waals surface area (Å²) >= 11 is 7.11. The van der Waals surface area contributed by atoms with E-state index >= 15 is 0 Å². The zero-order valence-corrected chi connectivity index (χ0v) is 17.3. The van der Waals surface area contributed by atoms with Crippen molar-refractivity contribution in [3.63, 3.8) is 0 Å². The highest BCUT2D eigenvalue weighted by Crippen LogP contribution is 2.28. The number of halogens is 4. The van der Waals surface area contributed by atoms with Crippen LogP contribution in [0.25, 0.3) is 11.4 Å². The van der Waals surface area contributed by atoms with Crippen LogP contribution in [0, 0.1) is 0 Å². The van der Waals surface area contributed by atoms with Gasteiger partial charge in [0.2, 0.25) is 5.91 Å². The number of nitrogens with one attached hydrogen (secondary N) is 1. The van der Waals surface area contributed by atoms with Gasteiger partial charge < -0.3 is 14.6 Å². The first kappa shape index (κ1) is 22.0. The molecule has 0 aliphatic carbocycles. The van der Waals surface area contributed by atoms with Gasteiger partial charge in [-0.3, -0.25) is 4.79 Å². The summed E-state index contributed by atoms with van der Waals surface area (Å²) in [5.41, 5.74) is 1.18. The number of alkyl halides is 3. The highest BCUT2D eigenvalue weighted by molar-refractivity contribution is 8.00. The van der Waals surface area contributed by atoms with Crippen LogP contribution in [0.5, 0.6) is 5.75 Å². The SMILES string of the molecule is CC(Sc1nnc(-c2ccc(Cl)cc2)n1C)C(=O)Nc1ccc(OC(F)(F)F)cc1. The van der Waals surface area contributed by atoms with E-state index in [0.29, 0.717) is 21.7 Å². The van der Waals surface area contributed by atoms with Gasteiger partial charge in [0.05, 0.1) is 5.25 Å². The average molecular weight is 457 g/mol. The molecule has 0 radical (unpaired) electrons. The van der Waals surface area contributed by atoms with Crippen LogP contribution >= 0.6 is 23.4 Å². The fourth-order valence-corrected chi connectivity index (χ4v) is 3.40. The third kappa shape index (κ3) is 5.67. The monoisotopic (exact) mass is 456 g/mol. The number of carbonyl (C=O) groups is 1. The maximum Gasteiger partial charge on any atom is 0.573 e. The van der Waals surface area contributed by atoms with E-state index in [1.54, 1.807) is 30.7 Å². The molecule has 0 fully saturated rings. The van der Waals surface area contributed by atoms with Gasteiger partial charge in [-0.1, -0.05) is 23.4 Å². The van der Waals surface area contributed by atoms with Crippen LogP contribution in [0.15, 0.2) is 53.7 Å². The van der Waals surface area contributed by atoms with Crippen molar-refractivity contribution in [2.45, 2.75) is 23.7 Å². The average Bonchev–Trinajstić information content (AvgIpc) is 3.03. The first-order chi connectivity index (χ1) is 14.1. The van der Waals surface area contributed by atoms with Crippen LogP contribution in [-0.4, -0.2) is 32.3 Å². The van der Waals surface area contributed by atoms with Crippen molar-refractivity contribution in [2.24, 2.45) is 7.05 Å². The molecule has 30 heavy (non-hydrogen) atoms. The van der Waals surface area contributed by atoms with Gasteiger partial charge in [-0.05, 0) is 55.5 Å². The van der Waals surface area contributed by atoms with Gasteiger partial charge in [0.1, 0.15) is 5.75 Å². The number of aromatic nitrogens is 3. The lowest BCUT2D eigenvalue weighted by atomic mass is 10.2. The number of benzene rings is 2. The molecule has 0 aliphatic heterocycles. The van der Waals surface area contributed by atoms with E-state index in [4.69, 9.17) is 11.6 Å². The number of amides is 1. The van der Waals surface area contributed by atoms with Crippen LogP contribution in [0.1, 0.15) is 6.92 Å². The first-order valence-electron chi connectivity index (χ1n) is 8.61. The molecule has 1 N–H and O–H groups in total. The van der Waals surface area contributed by atoms with Gasteiger partial charge >= 0.3 is 6.36 Å². The fourth-order valence-electron chi connectivity index (χ4n) is 2.46. The summed E-state index contributed by atoms with van der Waals surface area (Å²) in [5.74, 6) is -0.0701. The molecule has 3 rings (SSSR count). The Morgan fingerprint density at radius 3 is 2.37 bits per heavy atom. The smallest absolute Gasteiger partial charge is 0.406 e. The van der Waals surface area contributed by atoms with Crippen LogP contribution < -0.4 is 10.1 Å². The molecule has 2 aromatic carbocycles. The molecule has 0 saturated heterocycles. The van der Waals surface area contributed by atoms with Gasteiger partial charge in [-0.25, -0.2) is 0 Å². The third-order valence-electron chi connectivity index (χ3n) is 3.94. The van der Waals surface area contributed by atoms with E-state index in [2.05, 4.69) is 20.3 Å². The minimum absolute atomic E-state index is 0.333. The number of ether oxygens (including phenoxy) is 1. The van der Waals surface area contributed by atoms with Crippen molar-refractivity contribution in [1.82, 2.24) is 14.8 Å². The van der Waals surface area contributed by atoms with Gasteiger partial charge in [0.15, 0.2) is 11.0 Å². The number of hydrogen-bond acceptors (Lipinski definition) is 5. The molecule has 11 heteroatoms. The lowest BCUT2D eigenvalue weighted by molar-refractivity contribution is -0.274. The predicted molar refractivity (Wildman–Crippen MR) is 109 cm³/mol. The Labute approximate surface area is 179 Å². The molecule has 0 bridgehead atoms. The maximum absolute atomic E-state index is 12.4. The predicted octanol–water partition coefficient (Wildman–Crippen LogP) is 5.15. The van der Waals surface area contributed by atoms with Crippen LogP contribution in [0.4, 0.5) is 18.9 Å². The van der Waals surface area contributed by atoms with Gasteiger partial charge in [-0.15, -0.1) is 23.4 Å². The molecule has 3 aromatic rings. The van der Waals surface area contributed by atoms with Crippen molar-refractivity contribution in [1.29, 1.82) is 0 Å². The Morgan fingerprint density at radius 2 is 1.77 bits per heavy atom. The zero-order valence-electron chi connectivity index (χ0n) is 15.8. The lowest BCUT2D eigenvalue weighted by Gasteiger charge is -2.13. The molecule has 1 amide bonds. The molecular formula is C19H16ClF3N4O2S. The van der Waals surface area contributed by atoms with E-state index in [0.717, 1.165) is 17.7 Å². The van der Waals surface area contributed by atoms with Crippen molar-refractivity contribution >= 4 is 35.0 Å². The van der Waals surface area contributed by atoms with Gasteiger partial charge in [0.25, 0.3) is 0 Å². The molecule has 1 heterocycles. The molecule has 0 saturated carbocycles. The second-order valence-corrected chi connectivity index (χ2v) is 7.94. The Hall–Kier alpha value is -2.72. The van der Waals surface area contributed by atoms with E-state index in [1.807, 2.05) is 12.1 Å². The Balaban J connectivity index is 1.63. The first-order valence-corrected chi connectivity index (χ1v) is 9.87. The summed E-state index contributed by atoms with van der Waals surface area (Å²) in [5, 5.41) is 11.6. The second kappa shape index (κ2) is 8.97. The van der Waals surface area contributed by atoms with Crippen molar-refractivity contribution in [2.75, 3.05) is 5.32 Å². The van der Waals surface area contributed by atoms with E-state index < -0.39 is 11.6 Å². The molecule has 0 spiro atoms. The van der Waals surface area contributed by atoms with Crippen molar-refractivity contribution in [3.8, 4) is 17.1 Å². The third-order valence-corrected chi connectivity index (χ3v) is 5.33. The lowest BCUT2D eigenvalue weighted by Crippen LogP contribution is -2.23. The Bertz CT molecular complexity index is 1020. The fraction of sp³-hybridized carbons (Fsp3) is 0.211. The van der Waals surface area contributed by atoms with Gasteiger partial charge in [-0.2, -0.15) is 0 Å². The van der Waals surface area contributed by atoms with Crippen LogP contribution in [0.2, 0.25) is 5.02 Å². The highest BCUT2D eigenvalue weighted by Gasteiger charge is 2.31. The quantitative estimate of drug-likeness (QED) is 0.519. The maximum atomic E-state index is 12.4. The molecule has 1 unspecified atom stereocenters. The summed E-state index contributed by atoms with van der Waals surface area (Å²) in [7, 11) is 1.79. The summed E-state index contributed by atoms with van der Waals surface area (Å²) in [6.07, 6.45) is -4.77. The van der Waals surface area contributed by atoms with Crippen molar-refractivity contribution < 1.29 is 22.7 Å². The van der Waals surface area contributed by atoms with Crippen molar-refractivity contribution in [3.05, 3.63) is 53.6 Å². The number of rotatable bonds is 6. The molecule has 1 aromatic heterocycles. The number of anilines is 1. The molecule has 0 aliphatic rings. The van der Waals surface area contributed by atoms with E-state index in [9.17, 15) is 18.0 Å². The molecule has 1 atom stereocenters. The second-order valence-electron chi connectivity index (χ2n) is 6.19. The summed E-state index contributed by atoms with van der Waals surface area (Å²) in [6, 6.07) is 12.1.